The summed E-state index contributed by atoms with van der Waals surface area (Å²) in [6.45, 7) is 3.69. The highest BCUT2D eigenvalue weighted by atomic mass is 35.5. The molecule has 1 unspecified atom stereocenters. The number of tetrazole rings is 1. The number of nitro groups is 1. The smallest absolute Gasteiger partial charge is 0.335 e. The summed E-state index contributed by atoms with van der Waals surface area (Å²) in [7, 11) is 0. The first-order valence-electron chi connectivity index (χ1n) is 12.8. The van der Waals surface area contributed by atoms with Crippen molar-refractivity contribution in [2.45, 2.75) is 25.3 Å². The zero-order valence-corrected chi connectivity index (χ0v) is 23.5. The van der Waals surface area contributed by atoms with Gasteiger partial charge in [-0.3, -0.25) is 24.7 Å². The average Bonchev–Trinajstić information content (AvgIpc) is 3.50. The van der Waals surface area contributed by atoms with Crippen LogP contribution in [0.4, 0.5) is 11.4 Å². The van der Waals surface area contributed by atoms with Gasteiger partial charge in [0.15, 0.2) is 0 Å². The zero-order chi connectivity index (χ0) is 30.9. The molecule has 14 nitrogen and oxygen atoms in total. The van der Waals surface area contributed by atoms with E-state index in [0.29, 0.717) is 22.0 Å². The molecule has 218 valence electrons. The summed E-state index contributed by atoms with van der Waals surface area (Å²) in [6.07, 6.45) is 5.29. The highest BCUT2D eigenvalue weighted by molar-refractivity contribution is 6.30. The molecule has 15 heteroatoms. The lowest BCUT2D eigenvalue weighted by Crippen LogP contribution is -2.51. The maximum atomic E-state index is 13.8. The van der Waals surface area contributed by atoms with Gasteiger partial charge in [0.05, 0.1) is 21.9 Å². The molecule has 5 rings (SSSR count). The van der Waals surface area contributed by atoms with Gasteiger partial charge in [0, 0.05) is 45.9 Å². The number of nitrogens with one attached hydrogen (secondary N) is 1. The summed E-state index contributed by atoms with van der Waals surface area (Å²) in [5, 5.41) is 35.1. The molecule has 0 radical (unpaired) electrons. The van der Waals surface area contributed by atoms with Crippen LogP contribution in [-0.4, -0.2) is 64.4 Å². The fraction of sp³-hybridized carbons (Fsp3) is 0.179. The third-order valence-electron chi connectivity index (χ3n) is 6.85. The molecular weight excluding hydrogens is 580 g/mol. The predicted octanol–water partition coefficient (Wildman–Crippen LogP) is 3.83. The van der Waals surface area contributed by atoms with Crippen LogP contribution in [0.3, 0.4) is 0 Å². The van der Waals surface area contributed by atoms with E-state index in [4.69, 9.17) is 11.6 Å². The van der Waals surface area contributed by atoms with Crippen LogP contribution in [-0.2, 0) is 15.0 Å². The number of carbonyl (C=O) groups is 3. The van der Waals surface area contributed by atoms with Gasteiger partial charge in [-0.05, 0) is 59.0 Å². The molecule has 0 spiro atoms. The standard InChI is InChI=1S/C28H23ClN8O6/c1-28(2)14-35(23(38)10-5-17-11-18(29)6-9-22(17)36-15-31-33-34-36)24(21-12-20(37(42)43)13-30-25(21)28)26(39)32-19-7-3-16(4-8-19)27(40)41/h3-13,15,24H,14H2,1-2H3,(H,32,39)(H,40,41). The first-order valence-corrected chi connectivity index (χ1v) is 13.1. The summed E-state index contributed by atoms with van der Waals surface area (Å²) in [4.78, 5) is 55.5. The van der Waals surface area contributed by atoms with Gasteiger partial charge in [0.2, 0.25) is 5.91 Å². The summed E-state index contributed by atoms with van der Waals surface area (Å²) in [5.41, 5.74) is 0.865. The van der Waals surface area contributed by atoms with Gasteiger partial charge >= 0.3 is 5.97 Å². The van der Waals surface area contributed by atoms with E-state index < -0.39 is 34.2 Å². The van der Waals surface area contributed by atoms with Crippen LogP contribution in [0.1, 0.15) is 47.1 Å². The number of nitrogens with zero attached hydrogens (tertiary/aromatic N) is 7. The number of anilines is 1. The molecule has 0 aliphatic carbocycles. The predicted molar refractivity (Wildman–Crippen MR) is 154 cm³/mol. The number of halogens is 1. The van der Waals surface area contributed by atoms with E-state index in [-0.39, 0.29) is 29.0 Å². The second kappa shape index (κ2) is 11.4. The number of aromatic carboxylic acids is 1. The SMILES string of the molecule is CC1(C)CN(C(=O)C=Cc2cc(Cl)ccc2-n2cnnn2)C(C(=O)Nc2ccc(C(=O)O)cc2)c2cc([N+](=O)[O-])cnc21. The zero-order valence-electron chi connectivity index (χ0n) is 22.7. The van der Waals surface area contributed by atoms with E-state index >= 15 is 0 Å². The summed E-state index contributed by atoms with van der Waals surface area (Å²) < 4.78 is 1.40. The maximum absolute atomic E-state index is 13.8. The minimum absolute atomic E-state index is 0.0200. The van der Waals surface area contributed by atoms with E-state index in [9.17, 15) is 29.6 Å². The Hall–Kier alpha value is -5.50. The van der Waals surface area contributed by atoms with Crippen LogP contribution in [0, 0.1) is 10.1 Å². The monoisotopic (exact) mass is 602 g/mol. The number of carbonyl (C=O) groups excluding carboxylic acids is 2. The van der Waals surface area contributed by atoms with Crippen molar-refractivity contribution in [1.82, 2.24) is 30.1 Å². The van der Waals surface area contributed by atoms with Gasteiger partial charge < -0.3 is 15.3 Å². The molecule has 1 aliphatic heterocycles. The lowest BCUT2D eigenvalue weighted by molar-refractivity contribution is -0.385. The van der Waals surface area contributed by atoms with Crippen molar-refractivity contribution >= 4 is 46.8 Å². The second-order valence-corrected chi connectivity index (χ2v) is 10.7. The fourth-order valence-corrected chi connectivity index (χ4v) is 5.08. The van der Waals surface area contributed by atoms with E-state index in [0.717, 1.165) is 6.20 Å². The highest BCUT2D eigenvalue weighted by Gasteiger charge is 2.44. The minimum Gasteiger partial charge on any atom is -0.478 e. The van der Waals surface area contributed by atoms with Crippen molar-refractivity contribution < 1.29 is 24.4 Å². The molecule has 2 N–H and O–H groups in total. The molecule has 43 heavy (non-hydrogen) atoms. The van der Waals surface area contributed by atoms with Crippen molar-refractivity contribution in [3.05, 3.63) is 105 Å². The van der Waals surface area contributed by atoms with Gasteiger partial charge in [-0.15, -0.1) is 5.10 Å². The maximum Gasteiger partial charge on any atom is 0.335 e. The largest absolute Gasteiger partial charge is 0.478 e. The molecular formula is C28H23ClN8O6. The number of benzene rings is 2. The Morgan fingerprint density at radius 2 is 1.91 bits per heavy atom. The third kappa shape index (κ3) is 5.94. The normalized spacial score (nSPS) is 15.6. The lowest BCUT2D eigenvalue weighted by atomic mass is 9.78. The summed E-state index contributed by atoms with van der Waals surface area (Å²) in [6, 6.07) is 10.4. The molecule has 0 saturated carbocycles. The number of carboxylic acids is 1. The van der Waals surface area contributed by atoms with Crippen molar-refractivity contribution in [1.29, 1.82) is 0 Å². The average molecular weight is 603 g/mol. The molecule has 0 saturated heterocycles. The number of rotatable bonds is 7. The summed E-state index contributed by atoms with van der Waals surface area (Å²) in [5.74, 6) is -2.36. The van der Waals surface area contributed by atoms with E-state index in [2.05, 4.69) is 25.8 Å². The van der Waals surface area contributed by atoms with Crippen molar-refractivity contribution in [3.63, 3.8) is 0 Å². The fourth-order valence-electron chi connectivity index (χ4n) is 4.89. The van der Waals surface area contributed by atoms with E-state index in [1.54, 1.807) is 18.2 Å². The lowest BCUT2D eigenvalue weighted by Gasteiger charge is -2.43. The van der Waals surface area contributed by atoms with Crippen LogP contribution in [0.2, 0.25) is 5.02 Å². The Labute approximate surface area is 248 Å². The van der Waals surface area contributed by atoms with E-state index in [1.807, 2.05) is 13.8 Å². The molecule has 0 bridgehead atoms. The number of pyridine rings is 1. The number of hydrogen-bond acceptors (Lipinski definition) is 9. The Morgan fingerprint density at radius 1 is 1.16 bits per heavy atom. The molecule has 2 aromatic heterocycles. The van der Waals surface area contributed by atoms with E-state index in [1.165, 1.54) is 58.4 Å². The Balaban J connectivity index is 1.55. The van der Waals surface area contributed by atoms with Gasteiger partial charge in [0.25, 0.3) is 11.6 Å². The number of aromatic nitrogens is 5. The first-order chi connectivity index (χ1) is 20.4. The van der Waals surface area contributed by atoms with Crippen LogP contribution in [0.25, 0.3) is 11.8 Å². The Bertz CT molecular complexity index is 1770. The van der Waals surface area contributed by atoms with Gasteiger partial charge in [-0.2, -0.15) is 4.68 Å². The second-order valence-electron chi connectivity index (χ2n) is 10.3. The van der Waals surface area contributed by atoms with Gasteiger partial charge in [0.1, 0.15) is 18.6 Å². The van der Waals surface area contributed by atoms with Crippen LogP contribution in [0.15, 0.2) is 67.1 Å². The van der Waals surface area contributed by atoms with Crippen LogP contribution < -0.4 is 5.32 Å². The topological polar surface area (TPSA) is 186 Å². The Morgan fingerprint density at radius 3 is 2.56 bits per heavy atom. The van der Waals surface area contributed by atoms with Crippen molar-refractivity contribution in [3.8, 4) is 5.69 Å². The molecule has 3 heterocycles. The van der Waals surface area contributed by atoms with Gasteiger partial charge in [-0.1, -0.05) is 25.4 Å². The minimum atomic E-state index is -1.30. The molecule has 2 aromatic carbocycles. The molecule has 1 aliphatic rings. The van der Waals surface area contributed by atoms with Crippen LogP contribution in [0.5, 0.6) is 0 Å². The van der Waals surface area contributed by atoms with Crippen molar-refractivity contribution in [2.75, 3.05) is 11.9 Å². The number of amides is 2. The highest BCUT2D eigenvalue weighted by Crippen LogP contribution is 2.40. The van der Waals surface area contributed by atoms with Crippen molar-refractivity contribution in [2.24, 2.45) is 0 Å². The first kappa shape index (κ1) is 29.0. The number of fused-ring (bicyclic) bond motifs is 1. The molecule has 1 atom stereocenters. The molecule has 4 aromatic rings. The number of hydrogen-bond donors (Lipinski definition) is 2. The van der Waals surface area contributed by atoms with Gasteiger partial charge in [-0.25, -0.2) is 4.79 Å². The third-order valence-corrected chi connectivity index (χ3v) is 7.08. The summed E-state index contributed by atoms with van der Waals surface area (Å²) >= 11 is 6.21. The molecule has 2 amide bonds. The molecule has 0 fully saturated rings. The quantitative estimate of drug-likeness (QED) is 0.179. The van der Waals surface area contributed by atoms with Crippen LogP contribution >= 0.6 is 11.6 Å². The number of carboxylic acid groups (broad SMARTS) is 1. The Kier molecular flexibility index (Phi) is 7.70.